The molecule has 1 unspecified atom stereocenters. The van der Waals surface area contributed by atoms with Crippen LogP contribution in [0.25, 0.3) is 0 Å². The Bertz CT molecular complexity index is 292. The Morgan fingerprint density at radius 3 is 2.64 bits per heavy atom. The summed E-state index contributed by atoms with van der Waals surface area (Å²) < 4.78 is 0. The third-order valence-electron chi connectivity index (χ3n) is 2.72. The zero-order chi connectivity index (χ0) is 10.6. The van der Waals surface area contributed by atoms with E-state index in [0.29, 0.717) is 5.75 Å². The van der Waals surface area contributed by atoms with Crippen LogP contribution in [0.2, 0.25) is 0 Å². The lowest BCUT2D eigenvalue weighted by Crippen LogP contribution is -2.20. The van der Waals surface area contributed by atoms with Gasteiger partial charge in [0.25, 0.3) is 0 Å². The molecular formula is C12H17BrO. The smallest absolute Gasteiger partial charge is 0.115 e. The first-order valence-electron chi connectivity index (χ1n) is 4.93. The van der Waals surface area contributed by atoms with Gasteiger partial charge in [-0.2, -0.15) is 0 Å². The molecule has 1 nitrogen and oxygen atoms in total. The second kappa shape index (κ2) is 4.83. The number of hydrogen-bond donors (Lipinski definition) is 1. The maximum Gasteiger partial charge on any atom is 0.115 e. The molecule has 1 aromatic rings. The lowest BCUT2D eigenvalue weighted by Gasteiger charge is -2.25. The van der Waals surface area contributed by atoms with E-state index in [-0.39, 0.29) is 5.41 Å². The monoisotopic (exact) mass is 256 g/mol. The van der Waals surface area contributed by atoms with Crippen molar-refractivity contribution in [1.29, 1.82) is 0 Å². The number of phenolic OH excluding ortho intramolecular Hbond substituents is 1. The van der Waals surface area contributed by atoms with Crippen LogP contribution in [0.1, 0.15) is 25.8 Å². The van der Waals surface area contributed by atoms with Crippen molar-refractivity contribution in [2.45, 2.75) is 26.7 Å². The Hall–Kier alpha value is -0.500. The minimum Gasteiger partial charge on any atom is -0.508 e. The SMILES string of the molecule is CCC(C)(CBr)Cc1cccc(O)c1. The fourth-order valence-corrected chi connectivity index (χ4v) is 2.02. The molecular weight excluding hydrogens is 240 g/mol. The summed E-state index contributed by atoms with van der Waals surface area (Å²) in [5.74, 6) is 0.357. The first-order valence-corrected chi connectivity index (χ1v) is 6.06. The molecule has 0 saturated carbocycles. The zero-order valence-electron chi connectivity index (χ0n) is 8.76. The Morgan fingerprint density at radius 2 is 2.14 bits per heavy atom. The van der Waals surface area contributed by atoms with Gasteiger partial charge in [-0.1, -0.05) is 41.9 Å². The first-order chi connectivity index (χ1) is 6.59. The van der Waals surface area contributed by atoms with Crippen molar-refractivity contribution in [3.63, 3.8) is 0 Å². The molecule has 0 aromatic heterocycles. The number of benzene rings is 1. The Labute approximate surface area is 94.3 Å². The van der Waals surface area contributed by atoms with E-state index in [0.717, 1.165) is 18.2 Å². The number of phenols is 1. The fourth-order valence-electron chi connectivity index (χ4n) is 1.43. The summed E-state index contributed by atoms with van der Waals surface area (Å²) in [5, 5.41) is 10.3. The summed E-state index contributed by atoms with van der Waals surface area (Å²) in [6.07, 6.45) is 2.14. The van der Waals surface area contributed by atoms with Crippen LogP contribution >= 0.6 is 15.9 Å². The fraction of sp³-hybridized carbons (Fsp3) is 0.500. The zero-order valence-corrected chi connectivity index (χ0v) is 10.3. The van der Waals surface area contributed by atoms with E-state index >= 15 is 0 Å². The van der Waals surface area contributed by atoms with Crippen molar-refractivity contribution >= 4 is 15.9 Å². The molecule has 1 rings (SSSR count). The molecule has 0 bridgehead atoms. The summed E-state index contributed by atoms with van der Waals surface area (Å²) in [6.45, 7) is 4.45. The van der Waals surface area contributed by atoms with Crippen LogP contribution < -0.4 is 0 Å². The molecule has 0 fully saturated rings. The van der Waals surface area contributed by atoms with Crippen LogP contribution in [-0.2, 0) is 6.42 Å². The average Bonchev–Trinajstić information content (AvgIpc) is 2.18. The summed E-state index contributed by atoms with van der Waals surface area (Å²) in [6, 6.07) is 7.52. The minimum atomic E-state index is 0.286. The maximum atomic E-state index is 9.34. The lowest BCUT2D eigenvalue weighted by atomic mass is 9.83. The summed E-state index contributed by atoms with van der Waals surface area (Å²) in [4.78, 5) is 0. The van der Waals surface area contributed by atoms with Crippen molar-refractivity contribution in [3.8, 4) is 5.75 Å². The molecule has 0 spiro atoms. The summed E-state index contributed by atoms with van der Waals surface area (Å²) >= 11 is 3.55. The van der Waals surface area contributed by atoms with Gasteiger partial charge in [0.15, 0.2) is 0 Å². The van der Waals surface area contributed by atoms with E-state index < -0.39 is 0 Å². The van der Waals surface area contributed by atoms with Gasteiger partial charge in [-0.05, 0) is 36.0 Å². The van der Waals surface area contributed by atoms with Crippen LogP contribution in [0.5, 0.6) is 5.75 Å². The van der Waals surface area contributed by atoms with Gasteiger partial charge in [0.05, 0.1) is 0 Å². The molecule has 0 radical (unpaired) electrons. The van der Waals surface area contributed by atoms with E-state index in [1.54, 1.807) is 6.07 Å². The van der Waals surface area contributed by atoms with Crippen LogP contribution in [0, 0.1) is 5.41 Å². The molecule has 0 saturated heterocycles. The second-order valence-electron chi connectivity index (χ2n) is 4.14. The van der Waals surface area contributed by atoms with E-state index in [1.807, 2.05) is 12.1 Å². The number of alkyl halides is 1. The minimum absolute atomic E-state index is 0.286. The van der Waals surface area contributed by atoms with E-state index in [9.17, 15) is 5.11 Å². The topological polar surface area (TPSA) is 20.2 Å². The van der Waals surface area contributed by atoms with E-state index in [4.69, 9.17) is 0 Å². The van der Waals surface area contributed by atoms with Gasteiger partial charge in [0, 0.05) is 5.33 Å². The lowest BCUT2D eigenvalue weighted by molar-refractivity contribution is 0.360. The largest absolute Gasteiger partial charge is 0.508 e. The van der Waals surface area contributed by atoms with Crippen molar-refractivity contribution < 1.29 is 5.11 Å². The third-order valence-corrected chi connectivity index (χ3v) is 4.07. The van der Waals surface area contributed by atoms with E-state index in [1.165, 1.54) is 5.56 Å². The van der Waals surface area contributed by atoms with Crippen molar-refractivity contribution in [2.75, 3.05) is 5.33 Å². The maximum absolute atomic E-state index is 9.34. The molecule has 0 aliphatic heterocycles. The molecule has 14 heavy (non-hydrogen) atoms. The number of aromatic hydroxyl groups is 1. The molecule has 0 heterocycles. The van der Waals surface area contributed by atoms with Gasteiger partial charge in [-0.15, -0.1) is 0 Å². The van der Waals surface area contributed by atoms with Gasteiger partial charge in [-0.25, -0.2) is 0 Å². The van der Waals surface area contributed by atoms with Crippen molar-refractivity contribution in [1.82, 2.24) is 0 Å². The molecule has 1 N–H and O–H groups in total. The summed E-state index contributed by atoms with van der Waals surface area (Å²) in [5.41, 5.74) is 1.49. The van der Waals surface area contributed by atoms with Crippen molar-refractivity contribution in [3.05, 3.63) is 29.8 Å². The molecule has 0 aliphatic rings. The third kappa shape index (κ3) is 3.02. The highest BCUT2D eigenvalue weighted by molar-refractivity contribution is 9.09. The Kier molecular flexibility index (Phi) is 3.99. The van der Waals surface area contributed by atoms with Crippen molar-refractivity contribution in [2.24, 2.45) is 5.41 Å². The number of rotatable bonds is 4. The normalized spacial score (nSPS) is 15.1. The van der Waals surface area contributed by atoms with Crippen LogP contribution in [0.4, 0.5) is 0 Å². The second-order valence-corrected chi connectivity index (χ2v) is 4.71. The van der Waals surface area contributed by atoms with Crippen LogP contribution in [0.15, 0.2) is 24.3 Å². The predicted molar refractivity (Wildman–Crippen MR) is 64.0 cm³/mol. The molecule has 78 valence electrons. The highest BCUT2D eigenvalue weighted by Crippen LogP contribution is 2.29. The quantitative estimate of drug-likeness (QED) is 0.814. The molecule has 0 aliphatic carbocycles. The van der Waals surface area contributed by atoms with Gasteiger partial charge in [0.2, 0.25) is 0 Å². The highest BCUT2D eigenvalue weighted by Gasteiger charge is 2.20. The highest BCUT2D eigenvalue weighted by atomic mass is 79.9. The average molecular weight is 257 g/mol. The van der Waals surface area contributed by atoms with E-state index in [2.05, 4.69) is 35.8 Å². The van der Waals surface area contributed by atoms with Crippen LogP contribution in [0.3, 0.4) is 0 Å². The van der Waals surface area contributed by atoms with Gasteiger partial charge in [0.1, 0.15) is 5.75 Å². The van der Waals surface area contributed by atoms with Crippen LogP contribution in [-0.4, -0.2) is 10.4 Å². The summed E-state index contributed by atoms with van der Waals surface area (Å²) in [7, 11) is 0. The van der Waals surface area contributed by atoms with Gasteiger partial charge >= 0.3 is 0 Å². The first kappa shape index (κ1) is 11.6. The number of hydrogen-bond acceptors (Lipinski definition) is 1. The molecule has 2 heteroatoms. The molecule has 1 aromatic carbocycles. The van der Waals surface area contributed by atoms with Gasteiger partial charge < -0.3 is 5.11 Å². The molecule has 0 amide bonds. The molecule has 1 atom stereocenters. The standard InChI is InChI=1S/C12H17BrO/c1-3-12(2,9-13)8-10-5-4-6-11(14)7-10/h4-7,14H,3,8-9H2,1-2H3. The Morgan fingerprint density at radius 1 is 1.43 bits per heavy atom. The van der Waals surface area contributed by atoms with Gasteiger partial charge in [-0.3, -0.25) is 0 Å². The Balaban J connectivity index is 2.77. The predicted octanol–water partition coefficient (Wildman–Crippen LogP) is 3.75. The number of halogens is 1.